The van der Waals surface area contributed by atoms with E-state index in [9.17, 15) is 4.79 Å². The Labute approximate surface area is 165 Å². The molecular formula is C18H19N5O6. The number of hydrogen-bond acceptors (Lipinski definition) is 9. The van der Waals surface area contributed by atoms with Gasteiger partial charge in [-0.25, -0.2) is 0 Å². The molecular weight excluding hydrogens is 382 g/mol. The number of nitrogens with zero attached hydrogens (tertiary/aromatic N) is 4. The second-order valence-corrected chi connectivity index (χ2v) is 7.58. The average molecular weight is 401 g/mol. The fraction of sp³-hybridized carbons (Fsp3) is 0.556. The summed E-state index contributed by atoms with van der Waals surface area (Å²) in [6.07, 6.45) is 1.43. The Bertz CT molecular complexity index is 947. The van der Waals surface area contributed by atoms with Crippen LogP contribution in [-0.4, -0.2) is 64.4 Å². The van der Waals surface area contributed by atoms with Crippen molar-refractivity contribution >= 4 is 5.91 Å². The van der Waals surface area contributed by atoms with Gasteiger partial charge in [0.1, 0.15) is 24.0 Å². The number of hydrogen-bond donors (Lipinski definition) is 1. The minimum Gasteiger partial charge on any atom is -0.454 e. The summed E-state index contributed by atoms with van der Waals surface area (Å²) in [4.78, 5) is 12.1. The monoisotopic (exact) mass is 401 g/mol. The molecule has 2 aromatic rings. The van der Waals surface area contributed by atoms with E-state index in [0.29, 0.717) is 30.5 Å². The molecule has 1 saturated carbocycles. The largest absolute Gasteiger partial charge is 0.454 e. The molecule has 1 amide bonds. The Balaban J connectivity index is 1.18. The van der Waals surface area contributed by atoms with Gasteiger partial charge in [-0.2, -0.15) is 4.68 Å². The quantitative estimate of drug-likeness (QED) is 0.760. The zero-order valence-electron chi connectivity index (χ0n) is 15.4. The van der Waals surface area contributed by atoms with E-state index < -0.39 is 0 Å². The summed E-state index contributed by atoms with van der Waals surface area (Å²) < 4.78 is 30.0. The number of aromatic nitrogens is 4. The van der Waals surface area contributed by atoms with Crippen molar-refractivity contribution in [3.05, 3.63) is 18.2 Å². The number of benzene rings is 1. The van der Waals surface area contributed by atoms with Gasteiger partial charge >= 0.3 is 6.01 Å². The van der Waals surface area contributed by atoms with Gasteiger partial charge < -0.3 is 29.0 Å². The predicted octanol–water partition coefficient (Wildman–Crippen LogP) is 0.428. The maximum absolute atomic E-state index is 12.1. The number of carbonyl (C=O) groups is 1. The van der Waals surface area contributed by atoms with Gasteiger partial charge in [0, 0.05) is 12.0 Å². The van der Waals surface area contributed by atoms with E-state index in [-0.39, 0.29) is 48.9 Å². The summed E-state index contributed by atoms with van der Waals surface area (Å²) in [5, 5.41) is 14.9. The molecule has 1 aromatic carbocycles. The molecule has 0 spiro atoms. The van der Waals surface area contributed by atoms with Crippen molar-refractivity contribution in [3.8, 4) is 23.3 Å². The molecule has 0 unspecified atom stereocenters. The van der Waals surface area contributed by atoms with Crippen LogP contribution in [0.25, 0.3) is 0 Å². The molecule has 1 N–H and O–H groups in total. The van der Waals surface area contributed by atoms with Gasteiger partial charge in [-0.3, -0.25) is 4.79 Å². The summed E-state index contributed by atoms with van der Waals surface area (Å²) in [6.45, 7) is 0.966. The number of rotatable bonds is 5. The summed E-state index contributed by atoms with van der Waals surface area (Å²) in [7, 11) is 0. The highest BCUT2D eigenvalue weighted by Gasteiger charge is 2.50. The van der Waals surface area contributed by atoms with Crippen LogP contribution >= 0.6 is 0 Å². The number of amides is 1. The van der Waals surface area contributed by atoms with Crippen molar-refractivity contribution in [2.24, 2.45) is 5.92 Å². The molecule has 152 valence electrons. The zero-order chi connectivity index (χ0) is 19.4. The first-order valence-electron chi connectivity index (χ1n) is 9.65. The molecule has 2 saturated heterocycles. The predicted molar refractivity (Wildman–Crippen MR) is 93.6 cm³/mol. The van der Waals surface area contributed by atoms with Crippen LogP contribution in [0, 0.1) is 5.92 Å². The Kier molecular flexibility index (Phi) is 3.84. The second kappa shape index (κ2) is 6.56. The molecule has 4 atom stereocenters. The van der Waals surface area contributed by atoms with Gasteiger partial charge in [0.25, 0.3) is 0 Å². The maximum Gasteiger partial charge on any atom is 0.341 e. The van der Waals surface area contributed by atoms with Crippen LogP contribution in [0.4, 0.5) is 0 Å². The SMILES string of the molecule is O=C(N[C@H]1CO[C@H]2[C@H]1OC[C@H]2n1nnnc1Oc1ccc2c(c1)OCO2)C1CC1. The summed E-state index contributed by atoms with van der Waals surface area (Å²) in [5.41, 5.74) is 0. The lowest BCUT2D eigenvalue weighted by molar-refractivity contribution is -0.123. The van der Waals surface area contributed by atoms with Crippen LogP contribution in [0.2, 0.25) is 0 Å². The van der Waals surface area contributed by atoms with Crippen molar-refractivity contribution in [1.82, 2.24) is 25.5 Å². The molecule has 6 rings (SSSR count). The van der Waals surface area contributed by atoms with Crippen molar-refractivity contribution in [2.45, 2.75) is 37.1 Å². The normalized spacial score (nSPS) is 29.7. The summed E-state index contributed by atoms with van der Waals surface area (Å²) in [5.74, 6) is 2.04. The van der Waals surface area contributed by atoms with Crippen LogP contribution in [0.1, 0.15) is 18.9 Å². The number of tetrazole rings is 1. The van der Waals surface area contributed by atoms with E-state index in [2.05, 4.69) is 20.8 Å². The molecule has 11 heteroatoms. The van der Waals surface area contributed by atoms with Gasteiger partial charge in [-0.1, -0.05) is 5.10 Å². The van der Waals surface area contributed by atoms with Gasteiger partial charge in [-0.15, -0.1) is 0 Å². The number of ether oxygens (including phenoxy) is 5. The lowest BCUT2D eigenvalue weighted by Crippen LogP contribution is -2.44. The molecule has 0 bridgehead atoms. The van der Waals surface area contributed by atoms with Crippen LogP contribution in [0.5, 0.6) is 23.3 Å². The number of carbonyl (C=O) groups excluding carboxylic acids is 1. The Morgan fingerprint density at radius 2 is 2.00 bits per heavy atom. The highest BCUT2D eigenvalue weighted by molar-refractivity contribution is 5.81. The molecule has 1 aliphatic carbocycles. The van der Waals surface area contributed by atoms with Crippen LogP contribution in [-0.2, 0) is 14.3 Å². The first-order valence-corrected chi connectivity index (χ1v) is 9.65. The fourth-order valence-electron chi connectivity index (χ4n) is 3.97. The topological polar surface area (TPSA) is 119 Å². The third-order valence-electron chi connectivity index (χ3n) is 5.63. The molecule has 11 nitrogen and oxygen atoms in total. The molecule has 3 aliphatic heterocycles. The Hall–Kier alpha value is -2.92. The van der Waals surface area contributed by atoms with Gasteiger partial charge in [0.2, 0.25) is 12.7 Å². The third-order valence-corrected chi connectivity index (χ3v) is 5.63. The van der Waals surface area contributed by atoms with Crippen molar-refractivity contribution in [2.75, 3.05) is 20.0 Å². The van der Waals surface area contributed by atoms with Crippen LogP contribution < -0.4 is 19.5 Å². The second-order valence-electron chi connectivity index (χ2n) is 7.58. The third kappa shape index (κ3) is 2.97. The first kappa shape index (κ1) is 17.0. The number of fused-ring (bicyclic) bond motifs is 2. The Morgan fingerprint density at radius 1 is 1.14 bits per heavy atom. The van der Waals surface area contributed by atoms with Gasteiger partial charge in [0.15, 0.2) is 11.5 Å². The minimum absolute atomic E-state index is 0.0838. The number of nitrogens with one attached hydrogen (secondary N) is 1. The minimum atomic E-state index is -0.262. The van der Waals surface area contributed by atoms with E-state index in [4.69, 9.17) is 23.7 Å². The van der Waals surface area contributed by atoms with E-state index in [1.54, 1.807) is 22.9 Å². The molecule has 4 aliphatic rings. The fourth-order valence-corrected chi connectivity index (χ4v) is 3.97. The van der Waals surface area contributed by atoms with E-state index in [0.717, 1.165) is 12.8 Å². The summed E-state index contributed by atoms with van der Waals surface area (Å²) in [6, 6.07) is 5.08. The zero-order valence-corrected chi connectivity index (χ0v) is 15.4. The molecule has 1 aromatic heterocycles. The van der Waals surface area contributed by atoms with E-state index in [1.165, 1.54) is 0 Å². The Morgan fingerprint density at radius 3 is 2.90 bits per heavy atom. The lowest BCUT2D eigenvalue weighted by atomic mass is 10.1. The van der Waals surface area contributed by atoms with Crippen molar-refractivity contribution in [3.63, 3.8) is 0 Å². The van der Waals surface area contributed by atoms with Crippen molar-refractivity contribution < 1.29 is 28.5 Å². The van der Waals surface area contributed by atoms with Crippen LogP contribution in [0.15, 0.2) is 18.2 Å². The highest BCUT2D eigenvalue weighted by atomic mass is 16.7. The van der Waals surface area contributed by atoms with Gasteiger partial charge in [-0.05, 0) is 35.4 Å². The van der Waals surface area contributed by atoms with Crippen LogP contribution in [0.3, 0.4) is 0 Å². The van der Waals surface area contributed by atoms with E-state index >= 15 is 0 Å². The maximum atomic E-state index is 12.1. The van der Waals surface area contributed by atoms with Crippen molar-refractivity contribution in [1.29, 1.82) is 0 Å². The molecule has 0 radical (unpaired) electrons. The standard InChI is InChI=1S/C18H19N5O6/c24-17(9-1-2-9)19-11-6-25-16-12(7-26-15(11)16)23-18(20-21-22-23)29-10-3-4-13-14(5-10)28-8-27-13/h3-5,9,11-12,15-16H,1-2,6-8H2,(H,19,24)/t11-,12+,15-,16+/m0/s1. The first-order chi connectivity index (χ1) is 14.3. The highest BCUT2D eigenvalue weighted by Crippen LogP contribution is 2.39. The molecule has 4 heterocycles. The molecule has 3 fully saturated rings. The average Bonchev–Trinajstić information content (AvgIpc) is 3.07. The smallest absolute Gasteiger partial charge is 0.341 e. The van der Waals surface area contributed by atoms with E-state index in [1.807, 2.05) is 0 Å². The summed E-state index contributed by atoms with van der Waals surface area (Å²) >= 11 is 0. The molecule has 29 heavy (non-hydrogen) atoms. The lowest BCUT2D eigenvalue weighted by Gasteiger charge is -2.18. The van der Waals surface area contributed by atoms with Gasteiger partial charge in [0.05, 0.1) is 19.3 Å².